The third-order valence-corrected chi connectivity index (χ3v) is 2.60. The number of methoxy groups -OCH3 is 1. The molecule has 0 radical (unpaired) electrons. The molecule has 2 aromatic carbocycles. The lowest BCUT2D eigenvalue weighted by Gasteiger charge is -2.07. The van der Waals surface area contributed by atoms with Crippen LogP contribution in [0.3, 0.4) is 0 Å². The minimum absolute atomic E-state index is 0.00432. The van der Waals surface area contributed by atoms with Crippen molar-refractivity contribution < 1.29 is 19.0 Å². The summed E-state index contributed by atoms with van der Waals surface area (Å²) in [6.45, 7) is 0. The molecule has 4 heteroatoms. The van der Waals surface area contributed by atoms with Gasteiger partial charge in [-0.25, -0.2) is 4.39 Å². The summed E-state index contributed by atoms with van der Waals surface area (Å²) in [5, 5.41) is 11.1. The van der Waals surface area contributed by atoms with E-state index in [9.17, 15) is 14.3 Å². The van der Waals surface area contributed by atoms with Crippen LogP contribution in [0.25, 0.3) is 10.8 Å². The number of hydrogen-bond acceptors (Lipinski definition) is 3. The number of halogens is 1. The maximum atomic E-state index is 13.0. The second-order valence-electron chi connectivity index (χ2n) is 3.69. The molecule has 0 saturated heterocycles. The first kappa shape index (κ1) is 11.4. The standard InChI is InChI=1S/C13H11FO3/c1-17-12(15)7-9-3-2-8-6-10(14)4-5-11(8)13(9)16/h2-6,16H,7H2,1H3. The highest BCUT2D eigenvalue weighted by molar-refractivity contribution is 5.90. The van der Waals surface area contributed by atoms with Gasteiger partial charge in [0.15, 0.2) is 0 Å². The van der Waals surface area contributed by atoms with Crippen LogP contribution in [0.4, 0.5) is 4.39 Å². The first-order valence-corrected chi connectivity index (χ1v) is 5.08. The van der Waals surface area contributed by atoms with E-state index in [2.05, 4.69) is 4.74 Å². The van der Waals surface area contributed by atoms with Gasteiger partial charge in [-0.05, 0) is 23.6 Å². The van der Waals surface area contributed by atoms with E-state index in [0.29, 0.717) is 16.3 Å². The van der Waals surface area contributed by atoms with Crippen LogP contribution in [-0.2, 0) is 16.0 Å². The molecule has 0 spiro atoms. The first-order chi connectivity index (χ1) is 8.11. The summed E-state index contributed by atoms with van der Waals surface area (Å²) in [4.78, 5) is 11.1. The zero-order valence-electron chi connectivity index (χ0n) is 9.24. The number of carbonyl (C=O) groups excluding carboxylic acids is 1. The lowest BCUT2D eigenvalue weighted by atomic mass is 10.0. The summed E-state index contributed by atoms with van der Waals surface area (Å²) >= 11 is 0. The topological polar surface area (TPSA) is 46.5 Å². The van der Waals surface area contributed by atoms with Crippen molar-refractivity contribution in [3.05, 3.63) is 41.7 Å². The zero-order valence-corrected chi connectivity index (χ0v) is 9.24. The first-order valence-electron chi connectivity index (χ1n) is 5.08. The molecule has 0 saturated carbocycles. The summed E-state index contributed by atoms with van der Waals surface area (Å²) in [6.07, 6.45) is -0.00432. The lowest BCUT2D eigenvalue weighted by molar-refractivity contribution is -0.139. The fraction of sp³-hybridized carbons (Fsp3) is 0.154. The molecule has 0 unspecified atom stereocenters. The molecular formula is C13H11FO3. The third-order valence-electron chi connectivity index (χ3n) is 2.60. The number of phenols is 1. The average Bonchev–Trinajstić information content (AvgIpc) is 2.32. The lowest BCUT2D eigenvalue weighted by Crippen LogP contribution is -2.04. The Kier molecular flexibility index (Phi) is 2.95. The van der Waals surface area contributed by atoms with Crippen LogP contribution in [-0.4, -0.2) is 18.2 Å². The van der Waals surface area contributed by atoms with Gasteiger partial charge in [-0.2, -0.15) is 0 Å². The Hall–Kier alpha value is -2.10. The zero-order chi connectivity index (χ0) is 12.4. The molecule has 2 aromatic rings. The molecular weight excluding hydrogens is 223 g/mol. The van der Waals surface area contributed by atoms with E-state index in [4.69, 9.17) is 0 Å². The van der Waals surface area contributed by atoms with Crippen LogP contribution < -0.4 is 0 Å². The summed E-state index contributed by atoms with van der Waals surface area (Å²) in [6, 6.07) is 7.34. The Labute approximate surface area is 97.4 Å². The number of fused-ring (bicyclic) bond motifs is 1. The molecule has 0 aromatic heterocycles. The molecule has 2 rings (SSSR count). The van der Waals surface area contributed by atoms with Crippen molar-refractivity contribution in [3.63, 3.8) is 0 Å². The third kappa shape index (κ3) is 2.20. The van der Waals surface area contributed by atoms with Crippen LogP contribution in [0.15, 0.2) is 30.3 Å². The maximum absolute atomic E-state index is 13.0. The normalized spacial score (nSPS) is 10.5. The van der Waals surface area contributed by atoms with Crippen molar-refractivity contribution in [1.82, 2.24) is 0 Å². The second kappa shape index (κ2) is 4.41. The minimum atomic E-state index is -0.429. The van der Waals surface area contributed by atoms with Gasteiger partial charge in [0.25, 0.3) is 0 Å². The van der Waals surface area contributed by atoms with E-state index < -0.39 is 5.97 Å². The van der Waals surface area contributed by atoms with Gasteiger partial charge in [0.2, 0.25) is 0 Å². The number of rotatable bonds is 2. The second-order valence-corrected chi connectivity index (χ2v) is 3.69. The predicted octanol–water partition coefficient (Wildman–Crippen LogP) is 2.40. The molecule has 17 heavy (non-hydrogen) atoms. The van der Waals surface area contributed by atoms with Crippen molar-refractivity contribution >= 4 is 16.7 Å². The number of benzene rings is 2. The molecule has 0 bridgehead atoms. The molecule has 0 aliphatic heterocycles. The predicted molar refractivity (Wildman–Crippen MR) is 61.3 cm³/mol. The quantitative estimate of drug-likeness (QED) is 0.811. The van der Waals surface area contributed by atoms with Crippen molar-refractivity contribution in [1.29, 1.82) is 0 Å². The van der Waals surface area contributed by atoms with Crippen LogP contribution in [0.1, 0.15) is 5.56 Å². The van der Waals surface area contributed by atoms with E-state index in [1.807, 2.05) is 0 Å². The van der Waals surface area contributed by atoms with Crippen LogP contribution in [0, 0.1) is 5.82 Å². The number of aromatic hydroxyl groups is 1. The fourth-order valence-electron chi connectivity index (χ4n) is 1.70. The van der Waals surface area contributed by atoms with Gasteiger partial charge in [0, 0.05) is 10.9 Å². The van der Waals surface area contributed by atoms with Gasteiger partial charge in [-0.3, -0.25) is 4.79 Å². The minimum Gasteiger partial charge on any atom is -0.507 e. The summed E-state index contributed by atoms with van der Waals surface area (Å²) in [5.41, 5.74) is 0.468. The average molecular weight is 234 g/mol. The monoisotopic (exact) mass is 234 g/mol. The molecule has 88 valence electrons. The number of carbonyl (C=O) groups is 1. The molecule has 0 aliphatic rings. The fourth-order valence-corrected chi connectivity index (χ4v) is 1.70. The largest absolute Gasteiger partial charge is 0.507 e. The van der Waals surface area contributed by atoms with Gasteiger partial charge in [-0.15, -0.1) is 0 Å². The smallest absolute Gasteiger partial charge is 0.310 e. The van der Waals surface area contributed by atoms with E-state index in [0.717, 1.165) is 0 Å². The molecule has 0 aliphatic carbocycles. The molecule has 3 nitrogen and oxygen atoms in total. The van der Waals surface area contributed by atoms with Gasteiger partial charge in [0.1, 0.15) is 11.6 Å². The highest BCUT2D eigenvalue weighted by atomic mass is 19.1. The van der Waals surface area contributed by atoms with Crippen molar-refractivity contribution in [2.24, 2.45) is 0 Å². The van der Waals surface area contributed by atoms with Gasteiger partial charge in [-0.1, -0.05) is 12.1 Å². The van der Waals surface area contributed by atoms with Crippen LogP contribution >= 0.6 is 0 Å². The van der Waals surface area contributed by atoms with Gasteiger partial charge in [0.05, 0.1) is 13.5 Å². The molecule has 0 atom stereocenters. The van der Waals surface area contributed by atoms with E-state index in [-0.39, 0.29) is 18.0 Å². The summed E-state index contributed by atoms with van der Waals surface area (Å²) < 4.78 is 17.5. The van der Waals surface area contributed by atoms with Crippen molar-refractivity contribution in [2.75, 3.05) is 7.11 Å². The highest BCUT2D eigenvalue weighted by Gasteiger charge is 2.10. The van der Waals surface area contributed by atoms with Crippen LogP contribution in [0.2, 0.25) is 0 Å². The Bertz CT molecular complexity index is 578. The van der Waals surface area contributed by atoms with Crippen molar-refractivity contribution in [2.45, 2.75) is 6.42 Å². The Balaban J connectivity index is 2.50. The van der Waals surface area contributed by atoms with E-state index in [1.165, 1.54) is 25.3 Å². The summed E-state index contributed by atoms with van der Waals surface area (Å²) in [7, 11) is 1.29. The van der Waals surface area contributed by atoms with Gasteiger partial charge >= 0.3 is 5.97 Å². The van der Waals surface area contributed by atoms with E-state index >= 15 is 0 Å². The maximum Gasteiger partial charge on any atom is 0.310 e. The number of ether oxygens (including phenoxy) is 1. The SMILES string of the molecule is COC(=O)Cc1ccc2cc(F)ccc2c1O. The number of esters is 1. The highest BCUT2D eigenvalue weighted by Crippen LogP contribution is 2.29. The molecule has 0 fully saturated rings. The van der Waals surface area contributed by atoms with Crippen LogP contribution in [0.5, 0.6) is 5.75 Å². The Morgan fingerprint density at radius 3 is 2.82 bits per heavy atom. The summed E-state index contributed by atoms with van der Waals surface area (Å²) in [5.74, 6) is -0.799. The Morgan fingerprint density at radius 2 is 2.12 bits per heavy atom. The molecule has 1 N–H and O–H groups in total. The molecule has 0 heterocycles. The van der Waals surface area contributed by atoms with Crippen molar-refractivity contribution in [3.8, 4) is 5.75 Å². The van der Waals surface area contributed by atoms with E-state index in [1.54, 1.807) is 12.1 Å². The number of hydrogen-bond donors (Lipinski definition) is 1. The molecule has 0 amide bonds. The van der Waals surface area contributed by atoms with Gasteiger partial charge < -0.3 is 9.84 Å². The Morgan fingerprint density at radius 1 is 1.35 bits per heavy atom. The number of phenolic OH excluding ortho intramolecular Hbond substituents is 1.